The van der Waals surface area contributed by atoms with Crippen molar-refractivity contribution < 1.29 is 5.11 Å². The summed E-state index contributed by atoms with van der Waals surface area (Å²) in [4.78, 5) is 4.29. The fourth-order valence-electron chi connectivity index (χ4n) is 1.99. The molecule has 1 N–H and O–H groups in total. The Kier molecular flexibility index (Phi) is 3.20. The van der Waals surface area contributed by atoms with E-state index in [2.05, 4.69) is 18.8 Å². The van der Waals surface area contributed by atoms with E-state index in [-0.39, 0.29) is 0 Å². The number of pyridine rings is 1. The van der Waals surface area contributed by atoms with Crippen molar-refractivity contribution in [2.45, 2.75) is 26.4 Å². The summed E-state index contributed by atoms with van der Waals surface area (Å²) < 4.78 is 0. The molecule has 2 aromatic rings. The number of hydrogen-bond acceptors (Lipinski definition) is 2. The lowest BCUT2D eigenvalue weighted by atomic mass is 9.96. The molecule has 0 amide bonds. The van der Waals surface area contributed by atoms with Crippen LogP contribution < -0.4 is 0 Å². The predicted octanol–water partition coefficient (Wildman–Crippen LogP) is 3.31. The van der Waals surface area contributed by atoms with Gasteiger partial charge >= 0.3 is 0 Å². The highest BCUT2D eigenvalue weighted by atomic mass is 16.3. The molecule has 16 heavy (non-hydrogen) atoms. The van der Waals surface area contributed by atoms with Crippen molar-refractivity contribution in [3.8, 4) is 0 Å². The average molecular weight is 215 g/mol. The minimum Gasteiger partial charge on any atom is -0.388 e. The summed E-state index contributed by atoms with van der Waals surface area (Å²) in [6.45, 7) is 4.24. The minimum absolute atomic E-state index is 0.395. The summed E-state index contributed by atoms with van der Waals surface area (Å²) in [6, 6.07) is 9.83. The summed E-state index contributed by atoms with van der Waals surface area (Å²) >= 11 is 0. The molecule has 0 radical (unpaired) electrons. The molecule has 0 saturated heterocycles. The standard InChI is InChI=1S/C14H17NO/c1-10(2)9-14(16)12-5-3-7-13-11(12)6-4-8-15-13/h3-8,10,14,16H,9H2,1-2H3. The fraction of sp³-hybridized carbons (Fsp3) is 0.357. The lowest BCUT2D eigenvalue weighted by Crippen LogP contribution is -2.02. The Morgan fingerprint density at radius 3 is 2.75 bits per heavy atom. The molecule has 0 fully saturated rings. The van der Waals surface area contributed by atoms with Gasteiger partial charge in [0.25, 0.3) is 0 Å². The van der Waals surface area contributed by atoms with Crippen LogP contribution in [-0.4, -0.2) is 10.1 Å². The van der Waals surface area contributed by atoms with Gasteiger partial charge in [0.15, 0.2) is 0 Å². The number of aromatic nitrogens is 1. The quantitative estimate of drug-likeness (QED) is 0.852. The van der Waals surface area contributed by atoms with Crippen molar-refractivity contribution in [3.05, 3.63) is 42.1 Å². The van der Waals surface area contributed by atoms with Gasteiger partial charge in [-0.25, -0.2) is 0 Å². The van der Waals surface area contributed by atoms with Crippen molar-refractivity contribution in [1.29, 1.82) is 0 Å². The molecule has 1 aromatic heterocycles. The third kappa shape index (κ3) is 2.22. The van der Waals surface area contributed by atoms with Gasteiger partial charge in [-0.15, -0.1) is 0 Å². The van der Waals surface area contributed by atoms with Crippen LogP contribution in [0.3, 0.4) is 0 Å². The van der Waals surface area contributed by atoms with Gasteiger partial charge in [0.1, 0.15) is 0 Å². The minimum atomic E-state index is -0.395. The van der Waals surface area contributed by atoms with Crippen LogP contribution in [0.5, 0.6) is 0 Å². The Labute approximate surface area is 96.0 Å². The van der Waals surface area contributed by atoms with Crippen LogP contribution in [0.1, 0.15) is 31.9 Å². The van der Waals surface area contributed by atoms with Crippen molar-refractivity contribution in [2.75, 3.05) is 0 Å². The highest BCUT2D eigenvalue weighted by Gasteiger charge is 2.12. The number of nitrogens with zero attached hydrogens (tertiary/aromatic N) is 1. The molecule has 0 aliphatic rings. The maximum Gasteiger partial charge on any atom is 0.0799 e. The second-order valence-corrected chi connectivity index (χ2v) is 4.56. The second kappa shape index (κ2) is 4.62. The predicted molar refractivity (Wildman–Crippen MR) is 66.2 cm³/mol. The van der Waals surface area contributed by atoms with Crippen LogP contribution in [0.25, 0.3) is 10.9 Å². The molecule has 1 aromatic carbocycles. The molecule has 0 bridgehead atoms. The molecule has 2 rings (SSSR count). The van der Waals surface area contributed by atoms with Crippen LogP contribution in [-0.2, 0) is 0 Å². The molecule has 0 saturated carbocycles. The molecule has 2 nitrogen and oxygen atoms in total. The van der Waals surface area contributed by atoms with Gasteiger partial charge in [-0.3, -0.25) is 4.98 Å². The van der Waals surface area contributed by atoms with Crippen LogP contribution in [0.4, 0.5) is 0 Å². The summed E-state index contributed by atoms with van der Waals surface area (Å²) in [5, 5.41) is 11.2. The SMILES string of the molecule is CC(C)CC(O)c1cccc2ncccc12. The molecular formula is C14H17NO. The van der Waals surface area contributed by atoms with Crippen molar-refractivity contribution >= 4 is 10.9 Å². The largest absolute Gasteiger partial charge is 0.388 e. The molecule has 0 aliphatic carbocycles. The molecule has 0 aliphatic heterocycles. The third-order valence-corrected chi connectivity index (χ3v) is 2.73. The maximum absolute atomic E-state index is 10.2. The van der Waals surface area contributed by atoms with E-state index >= 15 is 0 Å². The van der Waals surface area contributed by atoms with Crippen molar-refractivity contribution in [3.63, 3.8) is 0 Å². The molecule has 1 atom stereocenters. The van der Waals surface area contributed by atoms with Gasteiger partial charge in [-0.1, -0.05) is 32.0 Å². The second-order valence-electron chi connectivity index (χ2n) is 4.56. The first-order valence-electron chi connectivity index (χ1n) is 5.70. The molecule has 0 spiro atoms. The number of rotatable bonds is 3. The van der Waals surface area contributed by atoms with E-state index in [0.717, 1.165) is 22.9 Å². The Balaban J connectivity index is 2.44. The van der Waals surface area contributed by atoms with Gasteiger partial charge in [-0.2, -0.15) is 0 Å². The normalized spacial score (nSPS) is 13.2. The number of benzene rings is 1. The fourth-order valence-corrected chi connectivity index (χ4v) is 1.99. The van der Waals surface area contributed by atoms with E-state index in [0.29, 0.717) is 5.92 Å². The zero-order chi connectivity index (χ0) is 11.5. The first-order chi connectivity index (χ1) is 7.68. The van der Waals surface area contributed by atoms with Gasteiger partial charge in [0.05, 0.1) is 11.6 Å². The molecule has 2 heteroatoms. The van der Waals surface area contributed by atoms with Crippen LogP contribution in [0.2, 0.25) is 0 Å². The summed E-state index contributed by atoms with van der Waals surface area (Å²) in [5.41, 5.74) is 1.93. The summed E-state index contributed by atoms with van der Waals surface area (Å²) in [5.74, 6) is 0.488. The van der Waals surface area contributed by atoms with E-state index in [1.807, 2.05) is 30.3 Å². The van der Waals surface area contributed by atoms with Gasteiger partial charge in [-0.05, 0) is 30.0 Å². The van der Waals surface area contributed by atoms with Crippen LogP contribution in [0, 0.1) is 5.92 Å². The monoisotopic (exact) mass is 215 g/mol. The van der Waals surface area contributed by atoms with Gasteiger partial charge in [0, 0.05) is 11.6 Å². The highest BCUT2D eigenvalue weighted by molar-refractivity contribution is 5.82. The molecule has 84 valence electrons. The first-order valence-corrected chi connectivity index (χ1v) is 5.70. The van der Waals surface area contributed by atoms with E-state index in [1.165, 1.54) is 0 Å². The summed E-state index contributed by atoms with van der Waals surface area (Å²) in [6.07, 6.45) is 2.17. The van der Waals surface area contributed by atoms with E-state index in [1.54, 1.807) is 6.20 Å². The Hall–Kier alpha value is -1.41. The Bertz CT molecular complexity index is 474. The van der Waals surface area contributed by atoms with E-state index in [9.17, 15) is 5.11 Å². The third-order valence-electron chi connectivity index (χ3n) is 2.73. The van der Waals surface area contributed by atoms with Crippen LogP contribution in [0.15, 0.2) is 36.5 Å². The molecule has 1 heterocycles. The average Bonchev–Trinajstić information content (AvgIpc) is 2.27. The van der Waals surface area contributed by atoms with Gasteiger partial charge < -0.3 is 5.11 Å². The number of aliphatic hydroxyl groups is 1. The Morgan fingerprint density at radius 1 is 1.19 bits per heavy atom. The van der Waals surface area contributed by atoms with Crippen molar-refractivity contribution in [2.24, 2.45) is 5.92 Å². The maximum atomic E-state index is 10.2. The summed E-state index contributed by atoms with van der Waals surface area (Å²) in [7, 11) is 0. The Morgan fingerprint density at radius 2 is 2.00 bits per heavy atom. The van der Waals surface area contributed by atoms with Crippen LogP contribution >= 0.6 is 0 Å². The van der Waals surface area contributed by atoms with E-state index < -0.39 is 6.10 Å². The topological polar surface area (TPSA) is 33.1 Å². The number of fused-ring (bicyclic) bond motifs is 1. The lowest BCUT2D eigenvalue weighted by molar-refractivity contribution is 0.152. The van der Waals surface area contributed by atoms with Crippen molar-refractivity contribution in [1.82, 2.24) is 4.98 Å². The number of hydrogen-bond donors (Lipinski definition) is 1. The van der Waals surface area contributed by atoms with Gasteiger partial charge in [0.2, 0.25) is 0 Å². The lowest BCUT2D eigenvalue weighted by Gasteiger charge is -2.15. The number of aliphatic hydroxyl groups excluding tert-OH is 1. The van der Waals surface area contributed by atoms with E-state index in [4.69, 9.17) is 0 Å². The highest BCUT2D eigenvalue weighted by Crippen LogP contribution is 2.27. The smallest absolute Gasteiger partial charge is 0.0799 e. The zero-order valence-corrected chi connectivity index (χ0v) is 9.72. The molecule has 1 unspecified atom stereocenters. The first kappa shape index (κ1) is 11.1. The molecular weight excluding hydrogens is 198 g/mol. The zero-order valence-electron chi connectivity index (χ0n) is 9.72.